The molecule has 0 aliphatic heterocycles. The van der Waals surface area contributed by atoms with E-state index in [9.17, 15) is 0 Å². The zero-order valence-electron chi connectivity index (χ0n) is 13.8. The molecule has 4 unspecified atom stereocenters. The molecule has 2 aliphatic rings. The molecule has 3 rings (SSSR count). The zero-order chi connectivity index (χ0) is 14.7. The van der Waals surface area contributed by atoms with Crippen molar-refractivity contribution in [3.63, 3.8) is 0 Å². The number of fused-ring (bicyclic) bond motifs is 1. The average Bonchev–Trinajstić information content (AvgIpc) is 2.56. The second kappa shape index (κ2) is 6.96. The lowest BCUT2D eigenvalue weighted by molar-refractivity contribution is 0.189. The van der Waals surface area contributed by atoms with Crippen LogP contribution < -0.4 is 5.32 Å². The van der Waals surface area contributed by atoms with E-state index in [0.29, 0.717) is 6.04 Å². The van der Waals surface area contributed by atoms with Crippen LogP contribution in [-0.4, -0.2) is 13.1 Å². The molecule has 0 saturated heterocycles. The monoisotopic (exact) mass is 285 g/mol. The van der Waals surface area contributed by atoms with Crippen molar-refractivity contribution < 1.29 is 0 Å². The normalized spacial score (nSPS) is 30.7. The van der Waals surface area contributed by atoms with E-state index in [-0.39, 0.29) is 0 Å². The SMILES string of the molecule is CCC1CCCC(C(NC)C2CCCc3ccccc32)C1. The lowest BCUT2D eigenvalue weighted by atomic mass is 9.69. The van der Waals surface area contributed by atoms with Crippen molar-refractivity contribution in [1.82, 2.24) is 5.32 Å². The predicted molar refractivity (Wildman–Crippen MR) is 90.7 cm³/mol. The van der Waals surface area contributed by atoms with Gasteiger partial charge in [0.25, 0.3) is 0 Å². The highest BCUT2D eigenvalue weighted by Gasteiger charge is 2.34. The lowest BCUT2D eigenvalue weighted by Crippen LogP contribution is -2.42. The molecule has 2 aliphatic carbocycles. The van der Waals surface area contributed by atoms with Crippen molar-refractivity contribution >= 4 is 0 Å². The summed E-state index contributed by atoms with van der Waals surface area (Å²) in [6, 6.07) is 9.87. The standard InChI is InChI=1S/C20H31N/c1-3-15-8-6-11-17(14-15)20(21-2)19-13-7-10-16-9-4-5-12-18(16)19/h4-5,9,12,15,17,19-21H,3,6-8,10-11,13-14H2,1-2H3. The number of likely N-dealkylation sites (N-methyl/N-ethyl adjacent to an activating group) is 1. The third kappa shape index (κ3) is 3.18. The molecule has 1 aromatic carbocycles. The van der Waals surface area contributed by atoms with Gasteiger partial charge >= 0.3 is 0 Å². The van der Waals surface area contributed by atoms with Crippen LogP contribution in [0.4, 0.5) is 0 Å². The van der Waals surface area contributed by atoms with Gasteiger partial charge in [-0.05, 0) is 68.0 Å². The molecule has 1 heteroatoms. The molecule has 1 saturated carbocycles. The highest BCUT2D eigenvalue weighted by molar-refractivity contribution is 5.34. The molecule has 4 atom stereocenters. The maximum absolute atomic E-state index is 3.73. The molecule has 0 aromatic heterocycles. The third-order valence-electron chi connectivity index (χ3n) is 6.09. The smallest absolute Gasteiger partial charge is 0.0161 e. The number of nitrogens with one attached hydrogen (secondary N) is 1. The Balaban J connectivity index is 1.80. The molecule has 1 N–H and O–H groups in total. The van der Waals surface area contributed by atoms with Crippen molar-refractivity contribution in [2.45, 2.75) is 70.3 Å². The van der Waals surface area contributed by atoms with Gasteiger partial charge in [-0.1, -0.05) is 50.5 Å². The molecular weight excluding hydrogens is 254 g/mol. The Kier molecular flexibility index (Phi) is 5.00. The van der Waals surface area contributed by atoms with E-state index in [1.165, 1.54) is 51.4 Å². The molecule has 0 spiro atoms. The van der Waals surface area contributed by atoms with E-state index < -0.39 is 0 Å². The van der Waals surface area contributed by atoms with Crippen LogP contribution >= 0.6 is 0 Å². The van der Waals surface area contributed by atoms with Gasteiger partial charge in [-0.3, -0.25) is 0 Å². The number of hydrogen-bond donors (Lipinski definition) is 1. The van der Waals surface area contributed by atoms with Crippen LogP contribution in [0, 0.1) is 11.8 Å². The van der Waals surface area contributed by atoms with Gasteiger partial charge < -0.3 is 5.32 Å². The number of aryl methyl sites for hydroxylation is 1. The maximum atomic E-state index is 3.73. The predicted octanol–water partition coefficient (Wildman–Crippen LogP) is 4.91. The average molecular weight is 285 g/mol. The summed E-state index contributed by atoms with van der Waals surface area (Å²) in [4.78, 5) is 0. The molecule has 21 heavy (non-hydrogen) atoms. The second-order valence-corrected chi connectivity index (χ2v) is 7.21. The largest absolute Gasteiger partial charge is 0.316 e. The Morgan fingerprint density at radius 3 is 2.81 bits per heavy atom. The van der Waals surface area contributed by atoms with Crippen LogP contribution in [0.25, 0.3) is 0 Å². The van der Waals surface area contributed by atoms with Gasteiger partial charge in [0.1, 0.15) is 0 Å². The third-order valence-corrected chi connectivity index (χ3v) is 6.09. The molecule has 0 radical (unpaired) electrons. The minimum absolute atomic E-state index is 0.681. The van der Waals surface area contributed by atoms with Gasteiger partial charge in [0.05, 0.1) is 0 Å². The second-order valence-electron chi connectivity index (χ2n) is 7.21. The summed E-state index contributed by atoms with van der Waals surface area (Å²) < 4.78 is 0. The Bertz CT molecular complexity index is 453. The molecule has 1 nitrogen and oxygen atoms in total. The fraction of sp³-hybridized carbons (Fsp3) is 0.700. The van der Waals surface area contributed by atoms with Crippen LogP contribution in [0.5, 0.6) is 0 Å². The first-order valence-electron chi connectivity index (χ1n) is 9.08. The summed E-state index contributed by atoms with van der Waals surface area (Å²) in [5, 5.41) is 3.73. The summed E-state index contributed by atoms with van der Waals surface area (Å²) in [7, 11) is 2.19. The topological polar surface area (TPSA) is 12.0 Å². The molecule has 0 heterocycles. The van der Waals surface area contributed by atoms with E-state index >= 15 is 0 Å². The van der Waals surface area contributed by atoms with Crippen molar-refractivity contribution in [1.29, 1.82) is 0 Å². The molecule has 0 amide bonds. The van der Waals surface area contributed by atoms with Gasteiger partial charge in [-0.15, -0.1) is 0 Å². The van der Waals surface area contributed by atoms with Gasteiger partial charge in [-0.25, -0.2) is 0 Å². The maximum Gasteiger partial charge on any atom is 0.0161 e. The molecule has 116 valence electrons. The Labute approximate surface area is 130 Å². The van der Waals surface area contributed by atoms with Crippen molar-refractivity contribution in [2.75, 3.05) is 7.05 Å². The minimum atomic E-state index is 0.681. The summed E-state index contributed by atoms with van der Waals surface area (Å²) in [6.45, 7) is 2.37. The van der Waals surface area contributed by atoms with Crippen molar-refractivity contribution in [3.8, 4) is 0 Å². The zero-order valence-corrected chi connectivity index (χ0v) is 13.8. The fourth-order valence-electron chi connectivity index (χ4n) is 4.96. The number of benzene rings is 1. The van der Waals surface area contributed by atoms with Crippen molar-refractivity contribution in [2.24, 2.45) is 11.8 Å². The van der Waals surface area contributed by atoms with Gasteiger partial charge in [0, 0.05) is 6.04 Å². The molecule has 1 aromatic rings. The van der Waals surface area contributed by atoms with E-state index in [0.717, 1.165) is 17.8 Å². The molecule has 1 fully saturated rings. The highest BCUT2D eigenvalue weighted by Crippen LogP contribution is 2.41. The van der Waals surface area contributed by atoms with Gasteiger partial charge in [-0.2, -0.15) is 0 Å². The van der Waals surface area contributed by atoms with Crippen molar-refractivity contribution in [3.05, 3.63) is 35.4 Å². The first-order chi connectivity index (χ1) is 10.3. The van der Waals surface area contributed by atoms with Crippen LogP contribution in [0.15, 0.2) is 24.3 Å². The van der Waals surface area contributed by atoms with E-state index in [4.69, 9.17) is 0 Å². The lowest BCUT2D eigenvalue weighted by Gasteiger charge is -2.40. The number of rotatable bonds is 4. The first-order valence-corrected chi connectivity index (χ1v) is 9.08. The Hall–Kier alpha value is -0.820. The quantitative estimate of drug-likeness (QED) is 0.828. The Morgan fingerprint density at radius 1 is 1.14 bits per heavy atom. The van der Waals surface area contributed by atoms with Crippen LogP contribution in [0.1, 0.15) is 68.9 Å². The van der Waals surface area contributed by atoms with Crippen LogP contribution in [-0.2, 0) is 6.42 Å². The van der Waals surface area contributed by atoms with E-state index in [1.807, 2.05) is 0 Å². The summed E-state index contributed by atoms with van der Waals surface area (Å²) >= 11 is 0. The summed E-state index contributed by atoms with van der Waals surface area (Å²) in [6.07, 6.45) is 11.2. The Morgan fingerprint density at radius 2 is 2.00 bits per heavy atom. The van der Waals surface area contributed by atoms with Gasteiger partial charge in [0.2, 0.25) is 0 Å². The highest BCUT2D eigenvalue weighted by atomic mass is 14.9. The van der Waals surface area contributed by atoms with E-state index in [1.54, 1.807) is 11.1 Å². The number of hydrogen-bond acceptors (Lipinski definition) is 1. The van der Waals surface area contributed by atoms with Crippen LogP contribution in [0.2, 0.25) is 0 Å². The van der Waals surface area contributed by atoms with Gasteiger partial charge in [0.15, 0.2) is 0 Å². The van der Waals surface area contributed by atoms with Crippen LogP contribution in [0.3, 0.4) is 0 Å². The fourth-order valence-corrected chi connectivity index (χ4v) is 4.96. The first kappa shape index (κ1) is 15.1. The van der Waals surface area contributed by atoms with E-state index in [2.05, 4.69) is 43.6 Å². The molecule has 0 bridgehead atoms. The minimum Gasteiger partial charge on any atom is -0.316 e. The molecular formula is C20H31N. The summed E-state index contributed by atoms with van der Waals surface area (Å²) in [5.74, 6) is 2.59. The summed E-state index contributed by atoms with van der Waals surface area (Å²) in [5.41, 5.74) is 3.25.